The first-order valence-corrected chi connectivity index (χ1v) is 3.81. The van der Waals surface area contributed by atoms with Crippen LogP contribution >= 0.6 is 0 Å². The molecule has 0 radical (unpaired) electrons. The van der Waals surface area contributed by atoms with Gasteiger partial charge in [0.25, 0.3) is 0 Å². The normalized spacial score (nSPS) is 13.5. The van der Waals surface area contributed by atoms with Crippen LogP contribution in [-0.2, 0) is 19.6 Å². The summed E-state index contributed by atoms with van der Waals surface area (Å²) in [7, 11) is 2.87. The van der Waals surface area contributed by atoms with E-state index in [0.29, 0.717) is 0 Å². The fraction of sp³-hybridized carbons (Fsp3) is 1.00. The second-order valence-electron chi connectivity index (χ2n) is 3.70. The van der Waals surface area contributed by atoms with Gasteiger partial charge in [0, 0.05) is 5.41 Å². The zero-order chi connectivity index (χ0) is 9.83. The zero-order valence-electron chi connectivity index (χ0n) is 8.63. The van der Waals surface area contributed by atoms with Crippen molar-refractivity contribution in [2.24, 2.45) is 5.41 Å². The predicted molar refractivity (Wildman–Crippen MR) is 44.0 cm³/mol. The number of hydrogen-bond donors (Lipinski definition) is 0. The van der Waals surface area contributed by atoms with E-state index in [0.717, 1.165) is 0 Å². The Kier molecular flexibility index (Phi) is 4.13. The first kappa shape index (κ1) is 11.8. The fourth-order valence-electron chi connectivity index (χ4n) is 0.582. The van der Waals surface area contributed by atoms with E-state index in [1.54, 1.807) is 6.92 Å². The van der Waals surface area contributed by atoms with Crippen molar-refractivity contribution in [2.75, 3.05) is 14.2 Å². The highest BCUT2D eigenvalue weighted by Crippen LogP contribution is 2.34. The van der Waals surface area contributed by atoms with E-state index in [9.17, 15) is 0 Å². The topological polar surface area (TPSA) is 36.9 Å². The molecule has 0 rings (SSSR count). The summed E-state index contributed by atoms with van der Waals surface area (Å²) >= 11 is 0. The van der Waals surface area contributed by atoms with Crippen molar-refractivity contribution in [1.82, 2.24) is 0 Å². The van der Waals surface area contributed by atoms with Gasteiger partial charge in [-0.25, -0.2) is 9.78 Å². The molecule has 0 aliphatic heterocycles. The molecule has 74 valence electrons. The second-order valence-corrected chi connectivity index (χ2v) is 3.70. The Hall–Kier alpha value is -0.160. The van der Waals surface area contributed by atoms with E-state index in [4.69, 9.17) is 9.78 Å². The molecule has 0 aliphatic rings. The molecular formula is C8H18O4. The number of rotatable bonds is 4. The summed E-state index contributed by atoms with van der Waals surface area (Å²) in [5.74, 6) is -0.906. The summed E-state index contributed by atoms with van der Waals surface area (Å²) < 4.78 is 0. The lowest BCUT2D eigenvalue weighted by molar-refractivity contribution is -0.516. The van der Waals surface area contributed by atoms with Crippen molar-refractivity contribution in [2.45, 2.75) is 33.5 Å². The Labute approximate surface area is 73.6 Å². The van der Waals surface area contributed by atoms with Gasteiger partial charge in [-0.1, -0.05) is 20.8 Å². The molecule has 0 saturated carbocycles. The van der Waals surface area contributed by atoms with Crippen molar-refractivity contribution in [3.05, 3.63) is 0 Å². The molecule has 0 saturated heterocycles. The molecule has 0 amide bonds. The van der Waals surface area contributed by atoms with Crippen LogP contribution in [0.1, 0.15) is 27.7 Å². The minimum Gasteiger partial charge on any atom is -0.237 e. The maximum absolute atomic E-state index is 4.99. The molecule has 12 heavy (non-hydrogen) atoms. The lowest BCUT2D eigenvalue weighted by atomic mass is 9.87. The van der Waals surface area contributed by atoms with Gasteiger partial charge in [-0.05, 0) is 6.92 Å². The van der Waals surface area contributed by atoms with Crippen molar-refractivity contribution in [3.63, 3.8) is 0 Å². The van der Waals surface area contributed by atoms with Crippen molar-refractivity contribution in [3.8, 4) is 0 Å². The Morgan fingerprint density at radius 3 is 1.25 bits per heavy atom. The molecule has 0 fully saturated rings. The third-order valence-electron chi connectivity index (χ3n) is 1.85. The molecule has 0 N–H and O–H groups in total. The minimum atomic E-state index is -0.906. The first-order chi connectivity index (χ1) is 5.37. The Bertz CT molecular complexity index is 122. The van der Waals surface area contributed by atoms with Gasteiger partial charge in [0.1, 0.15) is 0 Å². The summed E-state index contributed by atoms with van der Waals surface area (Å²) in [4.78, 5) is 19.1. The smallest absolute Gasteiger partial charge is 0.235 e. The Balaban J connectivity index is 4.38. The highest BCUT2D eigenvalue weighted by Gasteiger charge is 2.42. The van der Waals surface area contributed by atoms with Gasteiger partial charge < -0.3 is 0 Å². The van der Waals surface area contributed by atoms with Gasteiger partial charge in [-0.3, -0.25) is 0 Å². The van der Waals surface area contributed by atoms with Gasteiger partial charge in [0.2, 0.25) is 5.79 Å². The van der Waals surface area contributed by atoms with Gasteiger partial charge in [0.05, 0.1) is 14.2 Å². The summed E-state index contributed by atoms with van der Waals surface area (Å²) in [5.41, 5.74) is -0.237. The third kappa shape index (κ3) is 2.71. The van der Waals surface area contributed by atoms with Crippen LogP contribution in [0.25, 0.3) is 0 Å². The lowest BCUT2D eigenvalue weighted by Crippen LogP contribution is -2.44. The van der Waals surface area contributed by atoms with Crippen LogP contribution in [0.3, 0.4) is 0 Å². The van der Waals surface area contributed by atoms with Crippen LogP contribution in [0.15, 0.2) is 0 Å². The van der Waals surface area contributed by atoms with E-state index in [1.807, 2.05) is 20.8 Å². The third-order valence-corrected chi connectivity index (χ3v) is 1.85. The quantitative estimate of drug-likeness (QED) is 0.374. The van der Waals surface area contributed by atoms with Crippen LogP contribution < -0.4 is 0 Å². The summed E-state index contributed by atoms with van der Waals surface area (Å²) in [6.07, 6.45) is 0. The largest absolute Gasteiger partial charge is 0.237 e. The van der Waals surface area contributed by atoms with Gasteiger partial charge in [0.15, 0.2) is 0 Å². The van der Waals surface area contributed by atoms with E-state index >= 15 is 0 Å². The maximum atomic E-state index is 4.99. The molecule has 4 nitrogen and oxygen atoms in total. The highest BCUT2D eigenvalue weighted by molar-refractivity contribution is 4.77. The summed E-state index contributed by atoms with van der Waals surface area (Å²) in [6.45, 7) is 7.64. The van der Waals surface area contributed by atoms with Crippen LogP contribution in [0.2, 0.25) is 0 Å². The standard InChI is InChI=1S/C8H18O4/c1-7(2,3)8(4,11-9-5)12-10-6/h1-6H3. The fourth-order valence-corrected chi connectivity index (χ4v) is 0.582. The summed E-state index contributed by atoms with van der Waals surface area (Å²) in [6, 6.07) is 0. The second kappa shape index (κ2) is 4.18. The lowest BCUT2D eigenvalue weighted by Gasteiger charge is -2.36. The van der Waals surface area contributed by atoms with E-state index < -0.39 is 5.79 Å². The maximum Gasteiger partial charge on any atom is 0.235 e. The molecule has 0 aliphatic carbocycles. The molecule has 0 heterocycles. The Morgan fingerprint density at radius 1 is 0.750 bits per heavy atom. The molecule has 0 aromatic carbocycles. The zero-order valence-corrected chi connectivity index (χ0v) is 8.63. The van der Waals surface area contributed by atoms with Crippen LogP contribution in [-0.4, -0.2) is 20.0 Å². The average Bonchev–Trinajstić information content (AvgIpc) is 1.86. The first-order valence-electron chi connectivity index (χ1n) is 3.81. The molecule has 0 bridgehead atoms. The summed E-state index contributed by atoms with van der Waals surface area (Å²) in [5, 5.41) is 0. The molecule has 0 atom stereocenters. The SMILES string of the molecule is COOC(C)(OOC)C(C)(C)C. The van der Waals surface area contributed by atoms with Crippen molar-refractivity contribution >= 4 is 0 Å². The van der Waals surface area contributed by atoms with E-state index in [1.165, 1.54) is 14.2 Å². The molecule has 0 unspecified atom stereocenters. The Morgan fingerprint density at radius 2 is 1.08 bits per heavy atom. The monoisotopic (exact) mass is 178 g/mol. The predicted octanol–water partition coefficient (Wildman–Crippen LogP) is 1.90. The van der Waals surface area contributed by atoms with Crippen LogP contribution in [0.4, 0.5) is 0 Å². The van der Waals surface area contributed by atoms with Crippen LogP contribution in [0, 0.1) is 5.41 Å². The van der Waals surface area contributed by atoms with Gasteiger partial charge in [-0.15, -0.1) is 0 Å². The van der Waals surface area contributed by atoms with E-state index in [-0.39, 0.29) is 5.41 Å². The van der Waals surface area contributed by atoms with Crippen molar-refractivity contribution < 1.29 is 19.6 Å². The van der Waals surface area contributed by atoms with Crippen LogP contribution in [0.5, 0.6) is 0 Å². The highest BCUT2D eigenvalue weighted by atomic mass is 17.3. The molecule has 0 aromatic rings. The van der Waals surface area contributed by atoms with Gasteiger partial charge in [-0.2, -0.15) is 9.78 Å². The van der Waals surface area contributed by atoms with Gasteiger partial charge >= 0.3 is 0 Å². The molecule has 0 spiro atoms. The minimum absolute atomic E-state index is 0.237. The van der Waals surface area contributed by atoms with E-state index in [2.05, 4.69) is 9.78 Å². The van der Waals surface area contributed by atoms with Crippen molar-refractivity contribution in [1.29, 1.82) is 0 Å². The molecule has 0 aromatic heterocycles. The molecule has 4 heteroatoms. The molecular weight excluding hydrogens is 160 g/mol. The number of hydrogen-bond acceptors (Lipinski definition) is 4. The average molecular weight is 178 g/mol.